The second-order valence-corrected chi connectivity index (χ2v) is 10.8. The van der Waals surface area contributed by atoms with E-state index in [1.807, 2.05) is 58.0 Å². The van der Waals surface area contributed by atoms with Gasteiger partial charge in [0.2, 0.25) is 15.9 Å². The van der Waals surface area contributed by atoms with Crippen LogP contribution in [0.3, 0.4) is 0 Å². The summed E-state index contributed by atoms with van der Waals surface area (Å²) < 4.78 is 33.9. The maximum absolute atomic E-state index is 13.2. The average molecular weight is 474 g/mol. The van der Waals surface area contributed by atoms with E-state index in [4.69, 9.17) is 16.0 Å². The molecule has 1 aliphatic rings. The number of sulfonamides is 1. The van der Waals surface area contributed by atoms with Crippen molar-refractivity contribution in [3.8, 4) is 11.5 Å². The van der Waals surface area contributed by atoms with E-state index in [1.165, 1.54) is 0 Å². The highest BCUT2D eigenvalue weighted by Crippen LogP contribution is 2.27. The van der Waals surface area contributed by atoms with E-state index < -0.39 is 10.0 Å². The van der Waals surface area contributed by atoms with Crippen molar-refractivity contribution < 1.29 is 12.8 Å². The van der Waals surface area contributed by atoms with Crippen molar-refractivity contribution in [1.82, 2.24) is 14.2 Å². The summed E-state index contributed by atoms with van der Waals surface area (Å²) in [5.41, 5.74) is 4.59. The monoisotopic (exact) mass is 473 g/mol. The molecular weight excluding hydrogens is 446 g/mol. The minimum Gasteiger partial charge on any atom is -0.441 e. The molecule has 0 atom stereocenters. The summed E-state index contributed by atoms with van der Waals surface area (Å²) in [5, 5.41) is 0.635. The van der Waals surface area contributed by atoms with Crippen molar-refractivity contribution in [2.75, 3.05) is 26.2 Å². The fourth-order valence-corrected chi connectivity index (χ4v) is 5.91. The van der Waals surface area contributed by atoms with E-state index in [0.29, 0.717) is 48.5 Å². The summed E-state index contributed by atoms with van der Waals surface area (Å²) in [7, 11) is -3.51. The van der Waals surface area contributed by atoms with Gasteiger partial charge in [0, 0.05) is 43.3 Å². The molecule has 0 saturated carbocycles. The first kappa shape index (κ1) is 23.0. The predicted octanol–water partition coefficient (Wildman–Crippen LogP) is 4.74. The van der Waals surface area contributed by atoms with Gasteiger partial charge >= 0.3 is 0 Å². The summed E-state index contributed by atoms with van der Waals surface area (Å²) in [4.78, 5) is 7.29. The van der Waals surface area contributed by atoms with Crippen molar-refractivity contribution in [1.29, 1.82) is 0 Å². The highest BCUT2D eigenvalue weighted by Gasteiger charge is 2.30. The third kappa shape index (κ3) is 4.62. The number of aryl methyl sites for hydroxylation is 4. The van der Waals surface area contributed by atoms with Crippen LogP contribution in [0, 0.1) is 27.7 Å². The van der Waals surface area contributed by atoms with Crippen molar-refractivity contribution >= 4 is 21.6 Å². The molecule has 0 aliphatic carbocycles. The molecule has 0 N–H and O–H groups in total. The van der Waals surface area contributed by atoms with E-state index in [0.717, 1.165) is 33.7 Å². The fraction of sp³-hybridized carbons (Fsp3) is 0.375. The second-order valence-electron chi connectivity index (χ2n) is 8.41. The molecule has 0 amide bonds. The van der Waals surface area contributed by atoms with Gasteiger partial charge in [0.25, 0.3) is 0 Å². The number of nitrogens with zero attached hydrogens (tertiary/aromatic N) is 3. The topological polar surface area (TPSA) is 66.7 Å². The van der Waals surface area contributed by atoms with E-state index in [1.54, 1.807) is 10.4 Å². The molecule has 8 heteroatoms. The first-order chi connectivity index (χ1) is 15.1. The summed E-state index contributed by atoms with van der Waals surface area (Å²) in [5.74, 6) is 1.31. The maximum atomic E-state index is 13.2. The molecule has 6 nitrogen and oxygen atoms in total. The summed E-state index contributed by atoms with van der Waals surface area (Å²) in [6.45, 7) is 10.5. The largest absolute Gasteiger partial charge is 0.441 e. The van der Waals surface area contributed by atoms with Gasteiger partial charge in [-0.05, 0) is 68.7 Å². The Morgan fingerprint density at radius 1 is 0.969 bits per heavy atom. The number of hydrogen-bond acceptors (Lipinski definition) is 5. The van der Waals surface area contributed by atoms with Crippen LogP contribution in [0.15, 0.2) is 45.7 Å². The maximum Gasteiger partial charge on any atom is 0.243 e. The summed E-state index contributed by atoms with van der Waals surface area (Å²) in [6.07, 6.45) is 0. The molecule has 0 unspecified atom stereocenters. The number of aromatic nitrogens is 1. The van der Waals surface area contributed by atoms with Crippen LogP contribution in [0.5, 0.6) is 0 Å². The number of benzene rings is 2. The molecule has 3 aromatic rings. The lowest BCUT2D eigenvalue weighted by Gasteiger charge is -2.34. The SMILES string of the molecule is Cc1cc(C)c(S(=O)(=O)N2CCN(Cc3nc(-c4cccc(Cl)c4)oc3C)CC2)cc1C. The van der Waals surface area contributed by atoms with Crippen LogP contribution >= 0.6 is 11.6 Å². The number of rotatable bonds is 5. The van der Waals surface area contributed by atoms with Gasteiger partial charge in [-0.15, -0.1) is 0 Å². The van der Waals surface area contributed by atoms with E-state index >= 15 is 0 Å². The van der Waals surface area contributed by atoms with Crippen LogP contribution < -0.4 is 0 Å². The Morgan fingerprint density at radius 3 is 2.34 bits per heavy atom. The number of hydrogen-bond donors (Lipinski definition) is 0. The first-order valence-electron chi connectivity index (χ1n) is 10.7. The lowest BCUT2D eigenvalue weighted by Crippen LogP contribution is -2.48. The van der Waals surface area contributed by atoms with Gasteiger partial charge in [0.1, 0.15) is 5.76 Å². The Hall–Kier alpha value is -2.19. The van der Waals surface area contributed by atoms with E-state index in [2.05, 4.69) is 9.88 Å². The number of piperazine rings is 1. The highest BCUT2D eigenvalue weighted by molar-refractivity contribution is 7.89. The zero-order valence-electron chi connectivity index (χ0n) is 18.9. The summed E-state index contributed by atoms with van der Waals surface area (Å²) >= 11 is 6.09. The third-order valence-corrected chi connectivity index (χ3v) is 8.35. The molecule has 1 aromatic heterocycles. The van der Waals surface area contributed by atoms with Gasteiger partial charge in [0.15, 0.2) is 0 Å². The molecule has 0 spiro atoms. The standard InChI is InChI=1S/C24H28ClN3O3S/c1-16-12-18(3)23(13-17(16)2)32(29,30)28-10-8-27(9-11-28)15-22-19(4)31-24(26-22)20-6-5-7-21(25)14-20/h5-7,12-14H,8-11,15H2,1-4H3. The summed E-state index contributed by atoms with van der Waals surface area (Å²) in [6, 6.07) is 11.2. The molecule has 32 heavy (non-hydrogen) atoms. The van der Waals surface area contributed by atoms with Crippen LogP contribution in [0.1, 0.15) is 28.1 Å². The normalized spacial score (nSPS) is 15.9. The molecule has 1 aliphatic heterocycles. The Labute approximate surface area is 194 Å². The molecule has 170 valence electrons. The second kappa shape index (κ2) is 8.98. The Kier molecular flexibility index (Phi) is 6.45. The molecule has 1 saturated heterocycles. The van der Waals surface area contributed by atoms with Crippen LogP contribution in [-0.2, 0) is 16.6 Å². The lowest BCUT2D eigenvalue weighted by molar-refractivity contribution is 0.179. The third-order valence-electron chi connectivity index (χ3n) is 6.08. The first-order valence-corrected chi connectivity index (χ1v) is 12.5. The Bertz CT molecular complexity index is 1250. The minimum atomic E-state index is -3.51. The average Bonchev–Trinajstić information content (AvgIpc) is 3.11. The van der Waals surface area contributed by atoms with Gasteiger partial charge in [-0.25, -0.2) is 13.4 Å². The Balaban J connectivity index is 1.44. The number of halogens is 1. The molecular formula is C24H28ClN3O3S. The van der Waals surface area contributed by atoms with Crippen LogP contribution in [0.4, 0.5) is 0 Å². The molecule has 4 rings (SSSR count). The van der Waals surface area contributed by atoms with Crippen molar-refractivity contribution in [2.45, 2.75) is 39.1 Å². The van der Waals surface area contributed by atoms with Crippen molar-refractivity contribution in [3.63, 3.8) is 0 Å². The van der Waals surface area contributed by atoms with Gasteiger partial charge in [-0.3, -0.25) is 4.90 Å². The molecule has 1 fully saturated rings. The minimum absolute atomic E-state index is 0.410. The van der Waals surface area contributed by atoms with Gasteiger partial charge < -0.3 is 4.42 Å². The van der Waals surface area contributed by atoms with Crippen LogP contribution in [0.2, 0.25) is 5.02 Å². The van der Waals surface area contributed by atoms with Crippen LogP contribution in [-0.4, -0.2) is 48.8 Å². The number of oxazole rings is 1. The fourth-order valence-electron chi connectivity index (χ4n) is 4.01. The van der Waals surface area contributed by atoms with Gasteiger partial charge in [-0.1, -0.05) is 23.7 Å². The van der Waals surface area contributed by atoms with Crippen LogP contribution in [0.25, 0.3) is 11.5 Å². The Morgan fingerprint density at radius 2 is 1.66 bits per heavy atom. The van der Waals surface area contributed by atoms with Gasteiger partial charge in [-0.2, -0.15) is 4.31 Å². The molecule has 2 heterocycles. The van der Waals surface area contributed by atoms with E-state index in [9.17, 15) is 8.42 Å². The molecule has 0 bridgehead atoms. The van der Waals surface area contributed by atoms with Gasteiger partial charge in [0.05, 0.1) is 10.6 Å². The predicted molar refractivity (Wildman–Crippen MR) is 126 cm³/mol. The van der Waals surface area contributed by atoms with Crippen molar-refractivity contribution in [2.24, 2.45) is 0 Å². The van der Waals surface area contributed by atoms with Crippen molar-refractivity contribution in [3.05, 3.63) is 69.6 Å². The quantitative estimate of drug-likeness (QED) is 0.535. The molecule has 2 aromatic carbocycles. The highest BCUT2D eigenvalue weighted by atomic mass is 35.5. The smallest absolute Gasteiger partial charge is 0.243 e. The lowest BCUT2D eigenvalue weighted by atomic mass is 10.1. The van der Waals surface area contributed by atoms with E-state index in [-0.39, 0.29) is 0 Å². The molecule has 0 radical (unpaired) electrons. The zero-order valence-corrected chi connectivity index (χ0v) is 20.4. The zero-order chi connectivity index (χ0) is 23.0.